The summed E-state index contributed by atoms with van der Waals surface area (Å²) in [5, 5.41) is 12.4. The molecule has 4 heteroatoms. The van der Waals surface area contributed by atoms with E-state index in [2.05, 4.69) is 22.9 Å². The van der Waals surface area contributed by atoms with Crippen molar-refractivity contribution in [3.8, 4) is 0 Å². The molecule has 1 aliphatic carbocycles. The summed E-state index contributed by atoms with van der Waals surface area (Å²) in [4.78, 5) is 4.96. The van der Waals surface area contributed by atoms with Gasteiger partial charge in [-0.1, -0.05) is 49.4 Å². The molecule has 2 aliphatic rings. The zero-order valence-electron chi connectivity index (χ0n) is 15.6. The molecule has 1 saturated carbocycles. The quantitative estimate of drug-likeness (QED) is 0.879. The SMILES string of the molecule is CN1CCN(CC2CCCCCCC2(O)Cc2cccc(Cl)c2)CC1. The van der Waals surface area contributed by atoms with Crippen molar-refractivity contribution in [3.63, 3.8) is 0 Å². The van der Waals surface area contributed by atoms with Crippen molar-refractivity contribution in [2.45, 2.75) is 50.5 Å². The molecule has 1 N–H and O–H groups in total. The lowest BCUT2D eigenvalue weighted by Gasteiger charge is -2.42. The van der Waals surface area contributed by atoms with E-state index in [4.69, 9.17) is 11.6 Å². The average molecular weight is 365 g/mol. The van der Waals surface area contributed by atoms with E-state index >= 15 is 0 Å². The minimum absolute atomic E-state index is 0.357. The summed E-state index contributed by atoms with van der Waals surface area (Å²) in [6.45, 7) is 5.56. The number of aliphatic hydroxyl groups is 1. The van der Waals surface area contributed by atoms with Crippen LogP contribution in [-0.4, -0.2) is 60.3 Å². The van der Waals surface area contributed by atoms with Crippen molar-refractivity contribution in [2.75, 3.05) is 39.8 Å². The van der Waals surface area contributed by atoms with Gasteiger partial charge in [-0.25, -0.2) is 0 Å². The average Bonchev–Trinajstić information content (AvgIpc) is 2.57. The van der Waals surface area contributed by atoms with Gasteiger partial charge in [-0.2, -0.15) is 0 Å². The molecule has 1 saturated heterocycles. The van der Waals surface area contributed by atoms with Crippen molar-refractivity contribution in [1.29, 1.82) is 0 Å². The van der Waals surface area contributed by atoms with Crippen LogP contribution in [0.25, 0.3) is 0 Å². The maximum atomic E-state index is 11.7. The van der Waals surface area contributed by atoms with E-state index in [1.54, 1.807) is 0 Å². The number of halogens is 1. The van der Waals surface area contributed by atoms with Crippen LogP contribution in [0.5, 0.6) is 0 Å². The Morgan fingerprint density at radius 3 is 2.64 bits per heavy atom. The molecular formula is C21H33ClN2O. The highest BCUT2D eigenvalue weighted by molar-refractivity contribution is 6.30. The van der Waals surface area contributed by atoms with Crippen LogP contribution in [0.3, 0.4) is 0 Å². The first-order valence-electron chi connectivity index (χ1n) is 9.93. The molecule has 1 aliphatic heterocycles. The zero-order valence-corrected chi connectivity index (χ0v) is 16.3. The van der Waals surface area contributed by atoms with Gasteiger partial charge >= 0.3 is 0 Å². The third-order valence-electron chi connectivity index (χ3n) is 6.15. The molecule has 1 heterocycles. The minimum atomic E-state index is -0.603. The summed E-state index contributed by atoms with van der Waals surface area (Å²) in [6, 6.07) is 8.04. The molecule has 25 heavy (non-hydrogen) atoms. The molecule has 2 atom stereocenters. The lowest BCUT2D eigenvalue weighted by Crippen LogP contribution is -2.51. The first kappa shape index (κ1) is 19.2. The van der Waals surface area contributed by atoms with Crippen molar-refractivity contribution < 1.29 is 5.11 Å². The summed E-state index contributed by atoms with van der Waals surface area (Å²) in [6.07, 6.45) is 7.73. The molecule has 0 radical (unpaired) electrons. The van der Waals surface area contributed by atoms with Crippen LogP contribution in [0.2, 0.25) is 5.02 Å². The Bertz CT molecular complexity index is 544. The lowest BCUT2D eigenvalue weighted by atomic mass is 9.74. The molecule has 1 aromatic rings. The molecular weight excluding hydrogens is 332 g/mol. The van der Waals surface area contributed by atoms with Crippen LogP contribution in [0.1, 0.15) is 44.1 Å². The molecule has 3 rings (SSSR count). The molecule has 2 unspecified atom stereocenters. The smallest absolute Gasteiger partial charge is 0.0728 e. The fraction of sp³-hybridized carbons (Fsp3) is 0.714. The van der Waals surface area contributed by atoms with Crippen LogP contribution in [0.4, 0.5) is 0 Å². The minimum Gasteiger partial charge on any atom is -0.389 e. The molecule has 0 bridgehead atoms. The number of nitrogens with zero attached hydrogens (tertiary/aromatic N) is 2. The number of hydrogen-bond donors (Lipinski definition) is 1. The van der Waals surface area contributed by atoms with Gasteiger partial charge in [-0.15, -0.1) is 0 Å². The first-order valence-corrected chi connectivity index (χ1v) is 10.3. The summed E-state index contributed by atoms with van der Waals surface area (Å²) in [5.74, 6) is 0.357. The topological polar surface area (TPSA) is 26.7 Å². The fourth-order valence-electron chi connectivity index (χ4n) is 4.48. The van der Waals surface area contributed by atoms with Crippen molar-refractivity contribution in [3.05, 3.63) is 34.9 Å². The van der Waals surface area contributed by atoms with E-state index in [0.717, 1.165) is 63.4 Å². The van der Waals surface area contributed by atoms with Crippen LogP contribution in [0, 0.1) is 5.92 Å². The van der Waals surface area contributed by atoms with E-state index in [1.807, 2.05) is 18.2 Å². The van der Waals surface area contributed by atoms with Gasteiger partial charge < -0.3 is 14.9 Å². The van der Waals surface area contributed by atoms with E-state index in [1.165, 1.54) is 24.8 Å². The Morgan fingerprint density at radius 1 is 1.12 bits per heavy atom. The summed E-state index contributed by atoms with van der Waals surface area (Å²) in [7, 11) is 2.20. The summed E-state index contributed by atoms with van der Waals surface area (Å²) < 4.78 is 0. The van der Waals surface area contributed by atoms with Gasteiger partial charge in [-0.3, -0.25) is 0 Å². The van der Waals surface area contributed by atoms with Gasteiger partial charge in [0.25, 0.3) is 0 Å². The number of hydrogen-bond acceptors (Lipinski definition) is 3. The molecule has 0 aromatic heterocycles. The molecule has 0 spiro atoms. The highest BCUT2D eigenvalue weighted by atomic mass is 35.5. The van der Waals surface area contributed by atoms with Gasteiger partial charge in [0, 0.05) is 50.1 Å². The second-order valence-corrected chi connectivity index (χ2v) is 8.60. The molecule has 2 fully saturated rings. The normalized spacial score (nSPS) is 30.0. The van der Waals surface area contributed by atoms with Crippen LogP contribution < -0.4 is 0 Å². The molecule has 140 valence electrons. The predicted octanol–water partition coefficient (Wildman–Crippen LogP) is 3.83. The van der Waals surface area contributed by atoms with Crippen molar-refractivity contribution in [2.24, 2.45) is 5.92 Å². The number of rotatable bonds is 4. The second-order valence-electron chi connectivity index (χ2n) is 8.16. The Labute approximate surface area is 158 Å². The van der Waals surface area contributed by atoms with Crippen LogP contribution >= 0.6 is 11.6 Å². The Balaban J connectivity index is 1.72. The lowest BCUT2D eigenvalue weighted by molar-refractivity contribution is -0.0512. The second kappa shape index (κ2) is 8.85. The van der Waals surface area contributed by atoms with Gasteiger partial charge in [0.1, 0.15) is 0 Å². The van der Waals surface area contributed by atoms with Gasteiger partial charge in [0.15, 0.2) is 0 Å². The Morgan fingerprint density at radius 2 is 1.88 bits per heavy atom. The van der Waals surface area contributed by atoms with Crippen molar-refractivity contribution >= 4 is 11.6 Å². The number of likely N-dealkylation sites (N-methyl/N-ethyl adjacent to an activating group) is 1. The molecule has 3 nitrogen and oxygen atoms in total. The van der Waals surface area contributed by atoms with E-state index < -0.39 is 5.60 Å². The fourth-order valence-corrected chi connectivity index (χ4v) is 4.70. The maximum absolute atomic E-state index is 11.7. The Kier molecular flexibility index (Phi) is 6.79. The van der Waals surface area contributed by atoms with Crippen LogP contribution in [0.15, 0.2) is 24.3 Å². The number of piperazine rings is 1. The first-order chi connectivity index (χ1) is 12.0. The standard InChI is InChI=1S/C21H33ClN2O/c1-23-11-13-24(14-12-23)17-19-8-4-2-3-5-10-21(19,25)16-18-7-6-9-20(22)15-18/h6-7,9,15,19,25H,2-5,8,10-14,16-17H2,1H3. The number of benzene rings is 1. The zero-order chi connectivity index (χ0) is 17.7. The van der Waals surface area contributed by atoms with Crippen molar-refractivity contribution in [1.82, 2.24) is 9.80 Å². The maximum Gasteiger partial charge on any atom is 0.0728 e. The monoisotopic (exact) mass is 364 g/mol. The molecule has 0 amide bonds. The highest BCUT2D eigenvalue weighted by Gasteiger charge is 2.38. The van der Waals surface area contributed by atoms with E-state index in [9.17, 15) is 5.11 Å². The van der Waals surface area contributed by atoms with Gasteiger partial charge in [0.05, 0.1) is 5.60 Å². The van der Waals surface area contributed by atoms with Crippen LogP contribution in [-0.2, 0) is 6.42 Å². The van der Waals surface area contributed by atoms with E-state index in [-0.39, 0.29) is 0 Å². The third kappa shape index (κ3) is 5.43. The van der Waals surface area contributed by atoms with Gasteiger partial charge in [0.2, 0.25) is 0 Å². The molecule has 1 aromatic carbocycles. The predicted molar refractivity (Wildman–Crippen MR) is 105 cm³/mol. The highest BCUT2D eigenvalue weighted by Crippen LogP contribution is 2.35. The summed E-state index contributed by atoms with van der Waals surface area (Å²) >= 11 is 6.18. The Hall–Kier alpha value is -0.610. The van der Waals surface area contributed by atoms with E-state index in [0.29, 0.717) is 5.92 Å². The summed E-state index contributed by atoms with van der Waals surface area (Å²) in [5.41, 5.74) is 0.563. The van der Waals surface area contributed by atoms with Gasteiger partial charge in [-0.05, 0) is 37.6 Å². The third-order valence-corrected chi connectivity index (χ3v) is 6.38. The largest absolute Gasteiger partial charge is 0.389 e.